The Morgan fingerprint density at radius 3 is 2.35 bits per heavy atom. The van der Waals surface area contributed by atoms with Crippen molar-refractivity contribution in [1.82, 2.24) is 9.38 Å². The molecule has 0 radical (unpaired) electrons. The normalized spacial score (nSPS) is 10.8. The zero-order valence-corrected chi connectivity index (χ0v) is 13.9. The van der Waals surface area contributed by atoms with Crippen LogP contribution in [0.15, 0.2) is 83.5 Å². The zero-order valence-electron chi connectivity index (χ0n) is 12.3. The first-order valence-electron chi connectivity index (χ1n) is 7.36. The maximum Gasteiger partial charge on any atom is 0.143 e. The summed E-state index contributed by atoms with van der Waals surface area (Å²) in [5.41, 5.74) is 3.98. The lowest BCUT2D eigenvalue weighted by molar-refractivity contribution is 1.18. The Bertz CT molecular complexity index is 943. The predicted octanol–water partition coefficient (Wildman–Crippen LogP) is 5.51. The van der Waals surface area contributed by atoms with Crippen LogP contribution < -0.4 is 5.32 Å². The van der Waals surface area contributed by atoms with Gasteiger partial charge >= 0.3 is 0 Å². The molecule has 1 N–H and O–H groups in total. The Labute approximate surface area is 142 Å². The lowest BCUT2D eigenvalue weighted by Gasteiger charge is -2.09. The molecule has 0 aliphatic rings. The van der Waals surface area contributed by atoms with Crippen LogP contribution in [0.5, 0.6) is 0 Å². The van der Waals surface area contributed by atoms with Gasteiger partial charge in [0.1, 0.15) is 17.2 Å². The summed E-state index contributed by atoms with van der Waals surface area (Å²) in [4.78, 5) is 4.79. The lowest BCUT2D eigenvalue weighted by Crippen LogP contribution is -1.96. The zero-order chi connectivity index (χ0) is 15.6. The smallest absolute Gasteiger partial charge is 0.143 e. The second-order valence-electron chi connectivity index (χ2n) is 5.24. The largest absolute Gasteiger partial charge is 0.339 e. The Kier molecular flexibility index (Phi) is 3.60. The molecule has 0 saturated carbocycles. The van der Waals surface area contributed by atoms with Crippen molar-refractivity contribution >= 4 is 33.1 Å². The number of pyridine rings is 1. The van der Waals surface area contributed by atoms with Crippen molar-refractivity contribution in [2.75, 3.05) is 5.32 Å². The Balaban J connectivity index is 1.87. The van der Waals surface area contributed by atoms with Crippen LogP contribution in [0.2, 0.25) is 0 Å². The molecule has 2 aromatic heterocycles. The molecule has 0 atom stereocenters. The van der Waals surface area contributed by atoms with E-state index >= 15 is 0 Å². The average molecular weight is 364 g/mol. The van der Waals surface area contributed by atoms with E-state index in [-0.39, 0.29) is 0 Å². The van der Waals surface area contributed by atoms with Crippen LogP contribution >= 0.6 is 15.9 Å². The van der Waals surface area contributed by atoms with Crippen molar-refractivity contribution < 1.29 is 0 Å². The van der Waals surface area contributed by atoms with Gasteiger partial charge in [0, 0.05) is 21.9 Å². The van der Waals surface area contributed by atoms with Gasteiger partial charge < -0.3 is 5.32 Å². The van der Waals surface area contributed by atoms with Gasteiger partial charge in [-0.15, -0.1) is 0 Å². The summed E-state index contributed by atoms with van der Waals surface area (Å²) in [6.45, 7) is 0. The van der Waals surface area contributed by atoms with E-state index < -0.39 is 0 Å². The maximum atomic E-state index is 4.79. The number of imidazole rings is 1. The summed E-state index contributed by atoms with van der Waals surface area (Å²) in [6.07, 6.45) is 2.02. The lowest BCUT2D eigenvalue weighted by atomic mass is 10.1. The van der Waals surface area contributed by atoms with E-state index in [1.165, 1.54) is 0 Å². The minimum atomic E-state index is 0.922. The second-order valence-corrected chi connectivity index (χ2v) is 6.15. The molecule has 0 saturated heterocycles. The number of hydrogen-bond acceptors (Lipinski definition) is 2. The molecule has 4 heteroatoms. The fourth-order valence-electron chi connectivity index (χ4n) is 2.58. The number of aromatic nitrogens is 2. The van der Waals surface area contributed by atoms with Crippen molar-refractivity contribution in [3.05, 3.63) is 83.5 Å². The van der Waals surface area contributed by atoms with E-state index in [9.17, 15) is 0 Å². The molecule has 0 amide bonds. The molecule has 3 nitrogen and oxygen atoms in total. The molecule has 112 valence electrons. The van der Waals surface area contributed by atoms with Crippen molar-refractivity contribution in [2.24, 2.45) is 0 Å². The Morgan fingerprint density at radius 2 is 1.57 bits per heavy atom. The van der Waals surface area contributed by atoms with E-state index in [1.54, 1.807) is 0 Å². The number of benzene rings is 2. The van der Waals surface area contributed by atoms with Crippen LogP contribution in [0.3, 0.4) is 0 Å². The first kappa shape index (κ1) is 14.0. The van der Waals surface area contributed by atoms with Gasteiger partial charge in [-0.05, 0) is 36.4 Å². The standard InChI is InChI=1S/C19H14BrN3/c20-15-9-11-16(12-10-15)21-19-18(14-6-2-1-3-7-14)22-17-8-4-5-13-23(17)19/h1-13,21H. The number of nitrogens with zero attached hydrogens (tertiary/aromatic N) is 2. The highest BCUT2D eigenvalue weighted by Crippen LogP contribution is 2.31. The monoisotopic (exact) mass is 363 g/mol. The van der Waals surface area contributed by atoms with Gasteiger partial charge in [0.15, 0.2) is 0 Å². The quantitative estimate of drug-likeness (QED) is 0.520. The van der Waals surface area contributed by atoms with Crippen molar-refractivity contribution in [1.29, 1.82) is 0 Å². The van der Waals surface area contributed by atoms with Crippen LogP contribution in [0.4, 0.5) is 11.5 Å². The maximum absolute atomic E-state index is 4.79. The van der Waals surface area contributed by atoms with Crippen molar-refractivity contribution in [3.63, 3.8) is 0 Å². The van der Waals surface area contributed by atoms with Crippen LogP contribution in [0, 0.1) is 0 Å². The van der Waals surface area contributed by atoms with Gasteiger partial charge in [-0.25, -0.2) is 4.98 Å². The number of fused-ring (bicyclic) bond motifs is 1. The van der Waals surface area contributed by atoms with Crippen molar-refractivity contribution in [2.45, 2.75) is 0 Å². The summed E-state index contributed by atoms with van der Waals surface area (Å²) in [6, 6.07) is 24.4. The van der Waals surface area contributed by atoms with Gasteiger partial charge in [0.25, 0.3) is 0 Å². The Hall–Kier alpha value is -2.59. The van der Waals surface area contributed by atoms with E-state index in [0.717, 1.165) is 32.9 Å². The first-order valence-corrected chi connectivity index (χ1v) is 8.16. The highest BCUT2D eigenvalue weighted by atomic mass is 79.9. The summed E-state index contributed by atoms with van der Waals surface area (Å²) in [5.74, 6) is 0.967. The first-order chi connectivity index (χ1) is 11.3. The fraction of sp³-hybridized carbons (Fsp3) is 0. The summed E-state index contributed by atoms with van der Waals surface area (Å²) in [5, 5.41) is 3.50. The molecule has 0 bridgehead atoms. The Morgan fingerprint density at radius 1 is 0.826 bits per heavy atom. The molecule has 0 fully saturated rings. The molecule has 0 unspecified atom stereocenters. The molecule has 2 heterocycles. The molecule has 0 aliphatic heterocycles. The van der Waals surface area contributed by atoms with E-state index in [4.69, 9.17) is 4.98 Å². The molecular formula is C19H14BrN3. The highest BCUT2D eigenvalue weighted by molar-refractivity contribution is 9.10. The minimum absolute atomic E-state index is 0.922. The van der Waals surface area contributed by atoms with Crippen LogP contribution in [0.25, 0.3) is 16.9 Å². The van der Waals surface area contributed by atoms with E-state index in [1.807, 2.05) is 66.9 Å². The summed E-state index contributed by atoms with van der Waals surface area (Å²) >= 11 is 3.47. The molecular weight excluding hydrogens is 350 g/mol. The number of rotatable bonds is 3. The van der Waals surface area contributed by atoms with Crippen LogP contribution in [-0.4, -0.2) is 9.38 Å². The number of hydrogen-bond donors (Lipinski definition) is 1. The number of halogens is 1. The van der Waals surface area contributed by atoms with Crippen LogP contribution in [-0.2, 0) is 0 Å². The van der Waals surface area contributed by atoms with E-state index in [0.29, 0.717) is 0 Å². The molecule has 0 spiro atoms. The van der Waals surface area contributed by atoms with Crippen molar-refractivity contribution in [3.8, 4) is 11.3 Å². The molecule has 4 rings (SSSR count). The molecule has 2 aromatic carbocycles. The van der Waals surface area contributed by atoms with Gasteiger partial charge in [-0.3, -0.25) is 4.40 Å². The van der Waals surface area contributed by atoms with E-state index in [2.05, 4.69) is 37.8 Å². The summed E-state index contributed by atoms with van der Waals surface area (Å²) in [7, 11) is 0. The molecule has 23 heavy (non-hydrogen) atoms. The highest BCUT2D eigenvalue weighted by Gasteiger charge is 2.13. The van der Waals surface area contributed by atoms with Gasteiger partial charge in [-0.2, -0.15) is 0 Å². The predicted molar refractivity (Wildman–Crippen MR) is 98.1 cm³/mol. The third kappa shape index (κ3) is 2.73. The SMILES string of the molecule is Brc1ccc(Nc2c(-c3ccccc3)nc3ccccn23)cc1. The second kappa shape index (κ2) is 5.89. The van der Waals surface area contributed by atoms with Gasteiger partial charge in [-0.1, -0.05) is 52.3 Å². The summed E-state index contributed by atoms with van der Waals surface area (Å²) < 4.78 is 3.13. The van der Waals surface area contributed by atoms with Gasteiger partial charge in [0.2, 0.25) is 0 Å². The number of nitrogens with one attached hydrogen (secondary N) is 1. The van der Waals surface area contributed by atoms with Gasteiger partial charge in [0.05, 0.1) is 0 Å². The van der Waals surface area contributed by atoms with Crippen LogP contribution in [0.1, 0.15) is 0 Å². The fourth-order valence-corrected chi connectivity index (χ4v) is 2.85. The minimum Gasteiger partial charge on any atom is -0.339 e. The third-order valence-corrected chi connectivity index (χ3v) is 4.21. The molecule has 0 aliphatic carbocycles. The number of anilines is 2. The third-order valence-electron chi connectivity index (χ3n) is 3.68. The average Bonchev–Trinajstić information content (AvgIpc) is 2.96. The topological polar surface area (TPSA) is 29.3 Å². The molecule has 4 aromatic rings.